The van der Waals surface area contributed by atoms with Crippen molar-refractivity contribution in [3.8, 4) is 0 Å². The summed E-state index contributed by atoms with van der Waals surface area (Å²) >= 11 is 3.52. The molecule has 2 heteroatoms. The van der Waals surface area contributed by atoms with E-state index in [2.05, 4.69) is 52.4 Å². The van der Waals surface area contributed by atoms with E-state index in [0.717, 1.165) is 19.5 Å². The summed E-state index contributed by atoms with van der Waals surface area (Å²) in [4.78, 5) is 0. The monoisotopic (exact) mass is 251 g/mol. The number of rotatable bonds is 1. The zero-order chi connectivity index (χ0) is 9.97. The minimum atomic E-state index is 1.00. The van der Waals surface area contributed by atoms with Gasteiger partial charge in [0.1, 0.15) is 0 Å². The summed E-state index contributed by atoms with van der Waals surface area (Å²) in [5.74, 6) is 0. The van der Waals surface area contributed by atoms with Crippen LogP contribution < -0.4 is 5.32 Å². The zero-order valence-corrected chi connectivity index (χ0v) is 9.89. The molecule has 0 aliphatic carbocycles. The highest BCUT2D eigenvalue weighted by Gasteiger charge is 2.06. The van der Waals surface area contributed by atoms with Gasteiger partial charge in [-0.25, -0.2) is 0 Å². The molecule has 14 heavy (non-hydrogen) atoms. The molecule has 1 N–H and O–H groups in total. The first-order valence-electron chi connectivity index (χ1n) is 4.93. The molecule has 0 amide bonds. The molecule has 0 fully saturated rings. The van der Waals surface area contributed by atoms with Crippen molar-refractivity contribution in [1.29, 1.82) is 0 Å². The van der Waals surface area contributed by atoms with Gasteiger partial charge >= 0.3 is 0 Å². The second kappa shape index (κ2) is 4.28. The highest BCUT2D eigenvalue weighted by Crippen LogP contribution is 2.24. The lowest BCUT2D eigenvalue weighted by Gasteiger charge is -2.14. The fourth-order valence-electron chi connectivity index (χ4n) is 1.73. The lowest BCUT2D eigenvalue weighted by Crippen LogP contribution is -2.20. The largest absolute Gasteiger partial charge is 0.313 e. The van der Waals surface area contributed by atoms with E-state index in [1.54, 1.807) is 0 Å². The molecule has 0 saturated heterocycles. The number of benzene rings is 1. The standard InChI is InChI=1S/C12H14BrN/c1-9-8-11(2-3-12(9)13)10-4-6-14-7-5-10/h2-4,8,14H,5-7H2,1H3. The van der Waals surface area contributed by atoms with Crippen LogP contribution in [0.1, 0.15) is 17.5 Å². The first-order valence-corrected chi connectivity index (χ1v) is 5.73. The van der Waals surface area contributed by atoms with Gasteiger partial charge in [-0.1, -0.05) is 34.1 Å². The fourth-order valence-corrected chi connectivity index (χ4v) is 1.98. The second-order valence-electron chi connectivity index (χ2n) is 3.65. The third-order valence-electron chi connectivity index (χ3n) is 2.59. The van der Waals surface area contributed by atoms with Crippen molar-refractivity contribution in [2.75, 3.05) is 13.1 Å². The molecule has 1 aliphatic heterocycles. The third kappa shape index (κ3) is 2.07. The molecule has 0 spiro atoms. The summed E-state index contributed by atoms with van der Waals surface area (Å²) < 4.78 is 1.19. The predicted octanol–water partition coefficient (Wildman–Crippen LogP) is 3.13. The van der Waals surface area contributed by atoms with Crippen LogP contribution in [-0.2, 0) is 0 Å². The van der Waals surface area contributed by atoms with E-state index in [1.807, 2.05) is 0 Å². The normalized spacial score (nSPS) is 16.6. The van der Waals surface area contributed by atoms with Gasteiger partial charge in [0.05, 0.1) is 0 Å². The Morgan fingerprint density at radius 2 is 2.21 bits per heavy atom. The number of hydrogen-bond donors (Lipinski definition) is 1. The molecule has 1 nitrogen and oxygen atoms in total. The van der Waals surface area contributed by atoms with Crippen LogP contribution >= 0.6 is 15.9 Å². The Morgan fingerprint density at radius 1 is 1.36 bits per heavy atom. The van der Waals surface area contributed by atoms with Crippen LogP contribution in [0, 0.1) is 6.92 Å². The fraction of sp³-hybridized carbons (Fsp3) is 0.333. The molecule has 2 rings (SSSR count). The highest BCUT2D eigenvalue weighted by atomic mass is 79.9. The summed E-state index contributed by atoms with van der Waals surface area (Å²) in [7, 11) is 0. The van der Waals surface area contributed by atoms with Crippen molar-refractivity contribution >= 4 is 21.5 Å². The van der Waals surface area contributed by atoms with Crippen molar-refractivity contribution in [3.63, 3.8) is 0 Å². The number of halogens is 1. The first-order chi connectivity index (χ1) is 6.77. The lowest BCUT2D eigenvalue weighted by atomic mass is 9.99. The van der Waals surface area contributed by atoms with Gasteiger partial charge in [0, 0.05) is 11.0 Å². The maximum atomic E-state index is 3.52. The Bertz CT molecular complexity index is 369. The average Bonchev–Trinajstić information content (AvgIpc) is 2.23. The molecular formula is C12H14BrN. The van der Waals surface area contributed by atoms with Gasteiger partial charge < -0.3 is 5.32 Å². The predicted molar refractivity (Wildman–Crippen MR) is 64.3 cm³/mol. The maximum Gasteiger partial charge on any atom is 0.0204 e. The molecular weight excluding hydrogens is 238 g/mol. The molecule has 0 atom stereocenters. The highest BCUT2D eigenvalue weighted by molar-refractivity contribution is 9.10. The number of hydrogen-bond acceptors (Lipinski definition) is 1. The van der Waals surface area contributed by atoms with Crippen LogP contribution in [0.25, 0.3) is 5.57 Å². The SMILES string of the molecule is Cc1cc(C2=CCNCC2)ccc1Br. The second-order valence-corrected chi connectivity index (χ2v) is 4.50. The van der Waals surface area contributed by atoms with Crippen LogP contribution in [0.2, 0.25) is 0 Å². The van der Waals surface area contributed by atoms with Crippen molar-refractivity contribution in [2.45, 2.75) is 13.3 Å². The zero-order valence-electron chi connectivity index (χ0n) is 8.31. The molecule has 0 bridgehead atoms. The van der Waals surface area contributed by atoms with Crippen LogP contribution in [0.15, 0.2) is 28.7 Å². The van der Waals surface area contributed by atoms with E-state index in [0.29, 0.717) is 0 Å². The van der Waals surface area contributed by atoms with E-state index in [1.165, 1.54) is 21.2 Å². The Morgan fingerprint density at radius 3 is 2.86 bits per heavy atom. The van der Waals surface area contributed by atoms with Gasteiger partial charge in [-0.3, -0.25) is 0 Å². The van der Waals surface area contributed by atoms with Crippen LogP contribution in [0.5, 0.6) is 0 Å². The summed E-state index contributed by atoms with van der Waals surface area (Å²) in [6.07, 6.45) is 3.42. The molecule has 0 unspecified atom stereocenters. The quantitative estimate of drug-likeness (QED) is 0.809. The Labute approximate surface area is 93.3 Å². The first kappa shape index (κ1) is 9.94. The number of aryl methyl sites for hydroxylation is 1. The molecule has 1 aromatic carbocycles. The van der Waals surface area contributed by atoms with Crippen molar-refractivity contribution < 1.29 is 0 Å². The maximum absolute atomic E-state index is 3.52. The van der Waals surface area contributed by atoms with Gasteiger partial charge in [0.25, 0.3) is 0 Å². The van der Waals surface area contributed by atoms with Crippen LogP contribution in [0.4, 0.5) is 0 Å². The molecule has 0 saturated carbocycles. The summed E-state index contributed by atoms with van der Waals surface area (Å²) in [6.45, 7) is 4.24. The van der Waals surface area contributed by atoms with Gasteiger partial charge in [-0.15, -0.1) is 0 Å². The van der Waals surface area contributed by atoms with Crippen molar-refractivity contribution in [3.05, 3.63) is 39.9 Å². The Balaban J connectivity index is 2.32. The van der Waals surface area contributed by atoms with Gasteiger partial charge in [-0.2, -0.15) is 0 Å². The average molecular weight is 252 g/mol. The lowest BCUT2D eigenvalue weighted by molar-refractivity contribution is 0.738. The summed E-state index contributed by atoms with van der Waals surface area (Å²) in [5, 5.41) is 3.32. The molecule has 74 valence electrons. The third-order valence-corrected chi connectivity index (χ3v) is 3.48. The van der Waals surface area contributed by atoms with E-state index >= 15 is 0 Å². The van der Waals surface area contributed by atoms with E-state index < -0.39 is 0 Å². The van der Waals surface area contributed by atoms with Crippen molar-refractivity contribution in [1.82, 2.24) is 5.32 Å². The van der Waals surface area contributed by atoms with Gasteiger partial charge in [-0.05, 0) is 42.7 Å². The number of nitrogens with one attached hydrogen (secondary N) is 1. The molecule has 0 aromatic heterocycles. The Hall–Kier alpha value is -0.600. The minimum Gasteiger partial charge on any atom is -0.313 e. The molecule has 0 radical (unpaired) electrons. The summed E-state index contributed by atoms with van der Waals surface area (Å²) in [5.41, 5.74) is 4.15. The van der Waals surface area contributed by atoms with E-state index in [9.17, 15) is 0 Å². The molecule has 1 aromatic rings. The van der Waals surface area contributed by atoms with Gasteiger partial charge in [0.2, 0.25) is 0 Å². The van der Waals surface area contributed by atoms with E-state index in [4.69, 9.17) is 0 Å². The smallest absolute Gasteiger partial charge is 0.0204 e. The van der Waals surface area contributed by atoms with Gasteiger partial charge in [0.15, 0.2) is 0 Å². The summed E-state index contributed by atoms with van der Waals surface area (Å²) in [6, 6.07) is 6.57. The van der Waals surface area contributed by atoms with Crippen molar-refractivity contribution in [2.24, 2.45) is 0 Å². The van der Waals surface area contributed by atoms with Crippen LogP contribution in [-0.4, -0.2) is 13.1 Å². The molecule has 1 aliphatic rings. The topological polar surface area (TPSA) is 12.0 Å². The van der Waals surface area contributed by atoms with Crippen LogP contribution in [0.3, 0.4) is 0 Å². The van der Waals surface area contributed by atoms with E-state index in [-0.39, 0.29) is 0 Å². The minimum absolute atomic E-state index is 1.00. The Kier molecular flexibility index (Phi) is 3.04. The molecule has 1 heterocycles.